The van der Waals surface area contributed by atoms with Gasteiger partial charge >= 0.3 is 0 Å². The van der Waals surface area contributed by atoms with E-state index in [0.29, 0.717) is 27.0 Å². The third kappa shape index (κ3) is 5.31. The largest absolute Gasteiger partial charge is 0.325 e. The molecule has 25 heavy (non-hydrogen) atoms. The number of carbonyl (C=O) groups excluding carboxylic acids is 3. The second-order valence-corrected chi connectivity index (χ2v) is 6.29. The molecule has 2 aromatic rings. The van der Waals surface area contributed by atoms with Gasteiger partial charge in [0.1, 0.15) is 6.54 Å². The molecule has 130 valence electrons. The van der Waals surface area contributed by atoms with Crippen molar-refractivity contribution < 1.29 is 14.4 Å². The molecular formula is C18H16Cl2N2O3. The molecule has 0 heterocycles. The summed E-state index contributed by atoms with van der Waals surface area (Å²) in [5.74, 6) is -0.840. The molecule has 0 aliphatic heterocycles. The van der Waals surface area contributed by atoms with Crippen LogP contribution in [0.15, 0.2) is 42.5 Å². The van der Waals surface area contributed by atoms with Crippen molar-refractivity contribution >= 4 is 52.2 Å². The Bertz CT molecular complexity index is 817. The Morgan fingerprint density at radius 1 is 1.00 bits per heavy atom. The van der Waals surface area contributed by atoms with Gasteiger partial charge in [0, 0.05) is 33.9 Å². The minimum atomic E-state index is -0.410. The predicted octanol–water partition coefficient (Wildman–Crippen LogP) is 4.19. The van der Waals surface area contributed by atoms with Crippen LogP contribution in [-0.2, 0) is 9.59 Å². The molecule has 5 nitrogen and oxygen atoms in total. The van der Waals surface area contributed by atoms with Crippen LogP contribution in [0.4, 0.5) is 11.4 Å². The van der Waals surface area contributed by atoms with E-state index >= 15 is 0 Å². The number of halogens is 2. The Morgan fingerprint density at radius 3 is 2.20 bits per heavy atom. The normalized spacial score (nSPS) is 10.2. The highest BCUT2D eigenvalue weighted by Crippen LogP contribution is 2.25. The number of Topliss-reactive ketones (excluding diaryl/α,β-unsaturated/α-hetero) is 1. The number of nitrogens with zero attached hydrogens (tertiary/aromatic N) is 1. The highest BCUT2D eigenvalue weighted by molar-refractivity contribution is 6.35. The quantitative estimate of drug-likeness (QED) is 0.793. The molecule has 2 amide bonds. The van der Waals surface area contributed by atoms with Gasteiger partial charge in [-0.2, -0.15) is 0 Å². The number of benzene rings is 2. The number of hydrogen-bond donors (Lipinski definition) is 1. The second kappa shape index (κ2) is 8.14. The molecule has 0 bridgehead atoms. The fourth-order valence-corrected chi connectivity index (χ4v) is 2.75. The average Bonchev–Trinajstić information content (AvgIpc) is 2.51. The van der Waals surface area contributed by atoms with Gasteiger partial charge < -0.3 is 10.2 Å². The van der Waals surface area contributed by atoms with Crippen molar-refractivity contribution in [2.24, 2.45) is 0 Å². The van der Waals surface area contributed by atoms with Crippen molar-refractivity contribution in [2.45, 2.75) is 13.8 Å². The molecule has 0 fully saturated rings. The van der Waals surface area contributed by atoms with E-state index in [0.717, 1.165) is 0 Å². The first kappa shape index (κ1) is 19.0. The molecule has 0 aliphatic carbocycles. The first-order valence-electron chi connectivity index (χ1n) is 7.41. The van der Waals surface area contributed by atoms with E-state index in [1.54, 1.807) is 36.4 Å². The number of carbonyl (C=O) groups is 3. The smallest absolute Gasteiger partial charge is 0.244 e. The summed E-state index contributed by atoms with van der Waals surface area (Å²) in [6.45, 7) is 2.58. The molecule has 0 unspecified atom stereocenters. The van der Waals surface area contributed by atoms with Gasteiger partial charge in [0.15, 0.2) is 5.78 Å². The molecule has 1 N–H and O–H groups in total. The first-order chi connectivity index (χ1) is 11.8. The van der Waals surface area contributed by atoms with Crippen molar-refractivity contribution in [3.8, 4) is 0 Å². The molecule has 2 aromatic carbocycles. The molecule has 0 saturated heterocycles. The van der Waals surface area contributed by atoms with Crippen LogP contribution in [0.5, 0.6) is 0 Å². The highest BCUT2D eigenvalue weighted by Gasteiger charge is 2.17. The number of nitrogens with one attached hydrogen (secondary N) is 1. The van der Waals surface area contributed by atoms with Crippen LogP contribution in [-0.4, -0.2) is 24.1 Å². The molecule has 0 saturated carbocycles. The van der Waals surface area contributed by atoms with E-state index in [9.17, 15) is 14.4 Å². The van der Waals surface area contributed by atoms with Crippen LogP contribution >= 0.6 is 23.2 Å². The van der Waals surface area contributed by atoms with Gasteiger partial charge in [-0.05, 0) is 37.3 Å². The minimum Gasteiger partial charge on any atom is -0.325 e. The molecule has 0 spiro atoms. The van der Waals surface area contributed by atoms with E-state index in [2.05, 4.69) is 5.32 Å². The zero-order valence-electron chi connectivity index (χ0n) is 13.7. The number of hydrogen-bond acceptors (Lipinski definition) is 3. The van der Waals surface area contributed by atoms with Crippen molar-refractivity contribution in [2.75, 3.05) is 16.8 Å². The summed E-state index contributed by atoms with van der Waals surface area (Å²) in [5.41, 5.74) is 1.39. The van der Waals surface area contributed by atoms with Gasteiger partial charge in [0.25, 0.3) is 0 Å². The number of anilines is 2. The number of ketones is 1. The lowest BCUT2D eigenvalue weighted by Crippen LogP contribution is -2.36. The summed E-state index contributed by atoms with van der Waals surface area (Å²) >= 11 is 11.9. The average molecular weight is 379 g/mol. The summed E-state index contributed by atoms with van der Waals surface area (Å²) in [4.78, 5) is 36.9. The summed E-state index contributed by atoms with van der Waals surface area (Å²) in [5, 5.41) is 3.40. The second-order valence-electron chi connectivity index (χ2n) is 5.42. The Labute approximate surface area is 155 Å². The van der Waals surface area contributed by atoms with Crippen molar-refractivity contribution in [3.63, 3.8) is 0 Å². The maximum absolute atomic E-state index is 12.3. The van der Waals surface area contributed by atoms with Crippen molar-refractivity contribution in [3.05, 3.63) is 58.1 Å². The molecular weight excluding hydrogens is 363 g/mol. The SMILES string of the molecule is CC(=O)c1cccc(NC(=O)CN(C(C)=O)c2cc(Cl)cc(Cl)c2)c1. The van der Waals surface area contributed by atoms with E-state index in [4.69, 9.17) is 23.2 Å². The number of amides is 2. The van der Waals surface area contributed by atoms with Crippen LogP contribution in [0.3, 0.4) is 0 Å². The van der Waals surface area contributed by atoms with Crippen LogP contribution in [0, 0.1) is 0 Å². The van der Waals surface area contributed by atoms with Gasteiger partial charge in [-0.25, -0.2) is 0 Å². The van der Waals surface area contributed by atoms with E-state index in [1.807, 2.05) is 0 Å². The summed E-state index contributed by atoms with van der Waals surface area (Å²) in [6, 6.07) is 11.2. The molecule has 0 aliphatic rings. The Balaban J connectivity index is 2.17. The fourth-order valence-electron chi connectivity index (χ4n) is 2.24. The Morgan fingerprint density at radius 2 is 1.64 bits per heavy atom. The van der Waals surface area contributed by atoms with Gasteiger partial charge in [-0.15, -0.1) is 0 Å². The third-order valence-electron chi connectivity index (χ3n) is 3.39. The van der Waals surface area contributed by atoms with Gasteiger partial charge in [-0.1, -0.05) is 35.3 Å². The topological polar surface area (TPSA) is 66.5 Å². The summed E-state index contributed by atoms with van der Waals surface area (Å²) in [7, 11) is 0. The lowest BCUT2D eigenvalue weighted by molar-refractivity contribution is -0.120. The zero-order chi connectivity index (χ0) is 18.6. The molecule has 2 rings (SSSR count). The Hall–Kier alpha value is -2.37. The maximum atomic E-state index is 12.3. The van der Waals surface area contributed by atoms with E-state index < -0.39 is 5.91 Å². The fraction of sp³-hybridized carbons (Fsp3) is 0.167. The van der Waals surface area contributed by atoms with Crippen molar-refractivity contribution in [1.82, 2.24) is 0 Å². The van der Waals surface area contributed by atoms with E-state index in [-0.39, 0.29) is 18.2 Å². The van der Waals surface area contributed by atoms with Crippen LogP contribution < -0.4 is 10.2 Å². The lowest BCUT2D eigenvalue weighted by Gasteiger charge is -2.21. The minimum absolute atomic E-state index is 0.102. The third-order valence-corrected chi connectivity index (χ3v) is 3.83. The van der Waals surface area contributed by atoms with Gasteiger partial charge in [0.2, 0.25) is 11.8 Å². The standard InChI is InChI=1S/C18H16Cl2N2O3/c1-11(23)13-4-3-5-16(6-13)21-18(25)10-22(12(2)24)17-8-14(19)7-15(20)9-17/h3-9H,10H2,1-2H3,(H,21,25). The van der Waals surface area contributed by atoms with E-state index in [1.165, 1.54) is 24.8 Å². The zero-order valence-corrected chi connectivity index (χ0v) is 15.2. The van der Waals surface area contributed by atoms with Crippen molar-refractivity contribution in [1.29, 1.82) is 0 Å². The summed E-state index contributed by atoms with van der Waals surface area (Å²) < 4.78 is 0. The molecule has 0 radical (unpaired) electrons. The summed E-state index contributed by atoms with van der Waals surface area (Å²) in [6.07, 6.45) is 0. The van der Waals surface area contributed by atoms with Crippen LogP contribution in [0.2, 0.25) is 10.0 Å². The molecule has 7 heteroatoms. The predicted molar refractivity (Wildman–Crippen MR) is 99.6 cm³/mol. The monoisotopic (exact) mass is 378 g/mol. The van der Waals surface area contributed by atoms with Gasteiger partial charge in [-0.3, -0.25) is 14.4 Å². The first-order valence-corrected chi connectivity index (χ1v) is 8.17. The molecule has 0 aromatic heterocycles. The Kier molecular flexibility index (Phi) is 6.17. The van der Waals surface area contributed by atoms with Gasteiger partial charge in [0.05, 0.1) is 0 Å². The highest BCUT2D eigenvalue weighted by atomic mass is 35.5. The van der Waals surface area contributed by atoms with Crippen LogP contribution in [0.25, 0.3) is 0 Å². The maximum Gasteiger partial charge on any atom is 0.244 e. The lowest BCUT2D eigenvalue weighted by atomic mass is 10.1. The molecule has 0 atom stereocenters. The number of rotatable bonds is 5. The van der Waals surface area contributed by atoms with Crippen LogP contribution in [0.1, 0.15) is 24.2 Å².